The number of hydrogen-bond donors (Lipinski definition) is 1. The minimum atomic E-state index is -0.596. The molecule has 9 heteroatoms. The molecule has 2 amide bonds. The lowest BCUT2D eigenvalue weighted by atomic mass is 10.2. The van der Waals surface area contributed by atoms with Crippen LogP contribution in [0.2, 0.25) is 5.02 Å². The number of carbonyl (C=O) groups is 2. The van der Waals surface area contributed by atoms with E-state index < -0.39 is 5.25 Å². The van der Waals surface area contributed by atoms with Crippen molar-refractivity contribution in [3.8, 4) is 5.75 Å². The molecular weight excluding hydrogens is 450 g/mol. The van der Waals surface area contributed by atoms with Crippen molar-refractivity contribution in [2.45, 2.75) is 18.2 Å². The number of methoxy groups -OCH3 is 1. The quantitative estimate of drug-likeness (QED) is 0.520. The summed E-state index contributed by atoms with van der Waals surface area (Å²) in [5.41, 5.74) is 1.26. The number of halogens is 1. The van der Waals surface area contributed by atoms with Crippen LogP contribution >= 0.6 is 23.4 Å². The summed E-state index contributed by atoms with van der Waals surface area (Å²) >= 11 is 7.24. The van der Waals surface area contributed by atoms with Crippen molar-refractivity contribution < 1.29 is 18.7 Å². The second-order valence-electron chi connectivity index (χ2n) is 6.97. The van der Waals surface area contributed by atoms with E-state index in [9.17, 15) is 9.59 Å². The van der Waals surface area contributed by atoms with E-state index >= 15 is 0 Å². The van der Waals surface area contributed by atoms with Crippen LogP contribution in [-0.4, -0.2) is 34.2 Å². The molecule has 2 aromatic carbocycles. The van der Waals surface area contributed by atoms with Gasteiger partial charge in [-0.2, -0.15) is 0 Å². The summed E-state index contributed by atoms with van der Waals surface area (Å²) in [5.74, 6) is 0.874. The second-order valence-corrected chi connectivity index (χ2v) is 8.57. The third kappa shape index (κ3) is 5.33. The fourth-order valence-corrected chi connectivity index (χ4v) is 4.49. The van der Waals surface area contributed by atoms with Gasteiger partial charge in [0.15, 0.2) is 5.17 Å². The number of nitrogens with zero attached hydrogens (tertiary/aromatic N) is 2. The van der Waals surface area contributed by atoms with Gasteiger partial charge in [-0.25, -0.2) is 4.99 Å². The molecule has 0 spiro atoms. The first-order chi connectivity index (χ1) is 15.5. The molecule has 1 fully saturated rings. The lowest BCUT2D eigenvalue weighted by molar-refractivity contribution is -0.128. The van der Waals surface area contributed by atoms with E-state index in [1.54, 1.807) is 78.9 Å². The molecule has 7 nitrogen and oxygen atoms in total. The molecule has 1 aliphatic rings. The predicted octanol–water partition coefficient (Wildman–Crippen LogP) is 5.10. The van der Waals surface area contributed by atoms with Crippen LogP contribution in [0.15, 0.2) is 76.3 Å². The van der Waals surface area contributed by atoms with E-state index in [1.807, 2.05) is 0 Å². The van der Waals surface area contributed by atoms with Gasteiger partial charge in [0, 0.05) is 17.1 Å². The van der Waals surface area contributed by atoms with Gasteiger partial charge in [-0.1, -0.05) is 29.4 Å². The lowest BCUT2D eigenvalue weighted by Crippen LogP contribution is -2.33. The van der Waals surface area contributed by atoms with Gasteiger partial charge < -0.3 is 14.5 Å². The van der Waals surface area contributed by atoms with Gasteiger partial charge in [-0.05, 0) is 54.6 Å². The Morgan fingerprint density at radius 2 is 2.03 bits per heavy atom. The Kier molecular flexibility index (Phi) is 6.82. The number of rotatable bonds is 7. The topological polar surface area (TPSA) is 84.1 Å². The highest BCUT2D eigenvalue weighted by atomic mass is 35.5. The minimum absolute atomic E-state index is 0.00625. The van der Waals surface area contributed by atoms with E-state index in [-0.39, 0.29) is 24.8 Å². The van der Waals surface area contributed by atoms with Gasteiger partial charge in [0.2, 0.25) is 11.8 Å². The Hall–Kier alpha value is -3.23. The molecule has 1 aromatic heterocycles. The number of ether oxygens (including phenoxy) is 1. The van der Waals surface area contributed by atoms with Crippen LogP contribution < -0.4 is 10.1 Å². The van der Waals surface area contributed by atoms with Crippen molar-refractivity contribution in [2.75, 3.05) is 12.4 Å². The Bertz CT molecular complexity index is 1130. The number of carbonyl (C=O) groups excluding carboxylic acids is 2. The summed E-state index contributed by atoms with van der Waals surface area (Å²) < 4.78 is 10.6. The molecule has 1 N–H and O–H groups in total. The molecule has 0 bridgehead atoms. The first-order valence-electron chi connectivity index (χ1n) is 9.80. The van der Waals surface area contributed by atoms with Gasteiger partial charge in [0.05, 0.1) is 25.6 Å². The van der Waals surface area contributed by atoms with Gasteiger partial charge in [0.25, 0.3) is 0 Å². The fraction of sp³-hybridized carbons (Fsp3) is 0.174. The molecule has 0 radical (unpaired) electrons. The maximum absolute atomic E-state index is 13.1. The normalized spacial score (nSPS) is 17.1. The van der Waals surface area contributed by atoms with Gasteiger partial charge in [-0.15, -0.1) is 0 Å². The Morgan fingerprint density at radius 3 is 2.72 bits per heavy atom. The first-order valence-corrected chi connectivity index (χ1v) is 11.1. The number of aliphatic imine (C=N–C) groups is 1. The molecule has 1 saturated heterocycles. The highest BCUT2D eigenvalue weighted by Crippen LogP contribution is 2.33. The van der Waals surface area contributed by atoms with E-state index in [0.29, 0.717) is 33.1 Å². The van der Waals surface area contributed by atoms with Crippen molar-refractivity contribution in [3.63, 3.8) is 0 Å². The zero-order chi connectivity index (χ0) is 22.5. The van der Waals surface area contributed by atoms with Crippen LogP contribution in [0.4, 0.5) is 11.4 Å². The van der Waals surface area contributed by atoms with Gasteiger partial charge in [0.1, 0.15) is 16.8 Å². The van der Waals surface area contributed by atoms with E-state index in [4.69, 9.17) is 20.8 Å². The monoisotopic (exact) mass is 469 g/mol. The fourth-order valence-electron chi connectivity index (χ4n) is 3.14. The molecule has 164 valence electrons. The second kappa shape index (κ2) is 9.93. The predicted molar refractivity (Wildman–Crippen MR) is 125 cm³/mol. The van der Waals surface area contributed by atoms with Crippen LogP contribution in [-0.2, 0) is 16.1 Å². The third-order valence-electron chi connectivity index (χ3n) is 4.69. The smallest absolute Gasteiger partial charge is 0.243 e. The average Bonchev–Trinajstić information content (AvgIpc) is 3.39. The highest BCUT2D eigenvalue weighted by molar-refractivity contribution is 8.15. The average molecular weight is 470 g/mol. The summed E-state index contributed by atoms with van der Waals surface area (Å²) in [6.07, 6.45) is 1.56. The molecule has 2 heterocycles. The molecule has 1 aliphatic heterocycles. The molecule has 1 atom stereocenters. The lowest BCUT2D eigenvalue weighted by Gasteiger charge is -2.15. The Labute approximate surface area is 194 Å². The van der Waals surface area contributed by atoms with E-state index in [0.717, 1.165) is 0 Å². The molecule has 3 aromatic rings. The van der Waals surface area contributed by atoms with Crippen molar-refractivity contribution in [1.82, 2.24) is 4.90 Å². The number of nitrogens with one attached hydrogen (secondary N) is 1. The number of hydrogen-bond acceptors (Lipinski definition) is 6. The summed E-state index contributed by atoms with van der Waals surface area (Å²) in [4.78, 5) is 31.9. The SMILES string of the molecule is COc1ccc(N=C2S[C@H](CC(=O)Nc3cccc(Cl)c3)C(=O)N2Cc2ccco2)cc1. The number of benzene rings is 2. The zero-order valence-electron chi connectivity index (χ0n) is 17.2. The number of amidine groups is 1. The van der Waals surface area contributed by atoms with Gasteiger partial charge in [-0.3, -0.25) is 14.5 Å². The molecule has 4 rings (SSSR count). The number of furan rings is 1. The minimum Gasteiger partial charge on any atom is -0.497 e. The van der Waals surface area contributed by atoms with Crippen molar-refractivity contribution in [1.29, 1.82) is 0 Å². The standard InChI is InChI=1S/C23H20ClN3O4S/c1-30-18-9-7-16(8-10-18)26-23-27(14-19-6-3-11-31-19)22(29)20(32-23)13-21(28)25-17-5-2-4-15(24)12-17/h2-12,20H,13-14H2,1H3,(H,25,28)/t20-/m1/s1. The van der Waals surface area contributed by atoms with Crippen molar-refractivity contribution in [2.24, 2.45) is 4.99 Å². The summed E-state index contributed by atoms with van der Waals surface area (Å²) in [6.45, 7) is 0.236. The van der Waals surface area contributed by atoms with Crippen LogP contribution in [0.1, 0.15) is 12.2 Å². The molecule has 32 heavy (non-hydrogen) atoms. The number of thioether (sulfide) groups is 1. The summed E-state index contributed by atoms with van der Waals surface area (Å²) in [5, 5.41) is 3.22. The van der Waals surface area contributed by atoms with Crippen LogP contribution in [0.5, 0.6) is 5.75 Å². The highest BCUT2D eigenvalue weighted by Gasteiger charge is 2.39. The number of anilines is 1. The summed E-state index contributed by atoms with van der Waals surface area (Å²) in [7, 11) is 1.59. The molecular formula is C23H20ClN3O4S. The largest absolute Gasteiger partial charge is 0.497 e. The Morgan fingerprint density at radius 1 is 1.22 bits per heavy atom. The maximum atomic E-state index is 13.1. The molecule has 0 unspecified atom stereocenters. The van der Waals surface area contributed by atoms with Crippen LogP contribution in [0.3, 0.4) is 0 Å². The third-order valence-corrected chi connectivity index (χ3v) is 6.10. The van der Waals surface area contributed by atoms with E-state index in [1.165, 1.54) is 11.8 Å². The maximum Gasteiger partial charge on any atom is 0.243 e. The Balaban J connectivity index is 1.52. The molecule has 0 aliphatic carbocycles. The molecule has 0 saturated carbocycles. The summed E-state index contributed by atoms with van der Waals surface area (Å²) in [6, 6.07) is 17.6. The number of amides is 2. The van der Waals surface area contributed by atoms with Crippen molar-refractivity contribution in [3.05, 3.63) is 77.7 Å². The first kappa shape index (κ1) is 22.0. The zero-order valence-corrected chi connectivity index (χ0v) is 18.7. The van der Waals surface area contributed by atoms with Crippen LogP contribution in [0.25, 0.3) is 0 Å². The van der Waals surface area contributed by atoms with Crippen molar-refractivity contribution >= 4 is 51.7 Å². The van der Waals surface area contributed by atoms with E-state index in [2.05, 4.69) is 10.3 Å². The van der Waals surface area contributed by atoms with Gasteiger partial charge >= 0.3 is 0 Å². The van der Waals surface area contributed by atoms with Crippen LogP contribution in [0, 0.1) is 0 Å².